The van der Waals surface area contributed by atoms with Gasteiger partial charge < -0.3 is 14.8 Å². The topological polar surface area (TPSA) is 71.4 Å². The Morgan fingerprint density at radius 2 is 2.10 bits per heavy atom. The average Bonchev–Trinajstić information content (AvgIpc) is 2.94. The van der Waals surface area contributed by atoms with Gasteiger partial charge in [0.15, 0.2) is 0 Å². The summed E-state index contributed by atoms with van der Waals surface area (Å²) >= 11 is 0. The van der Waals surface area contributed by atoms with Crippen molar-refractivity contribution in [2.75, 3.05) is 26.9 Å². The molecular weight excluding hydrogens is 256 g/mol. The van der Waals surface area contributed by atoms with Crippen molar-refractivity contribution in [1.29, 1.82) is 5.26 Å². The molecule has 0 spiro atoms. The van der Waals surface area contributed by atoms with E-state index < -0.39 is 11.0 Å². The zero-order chi connectivity index (χ0) is 15.1. The molecule has 0 aliphatic carbocycles. The molecule has 0 bridgehead atoms. The van der Waals surface area contributed by atoms with Crippen molar-refractivity contribution in [3.63, 3.8) is 0 Å². The van der Waals surface area contributed by atoms with E-state index in [4.69, 9.17) is 9.47 Å². The Morgan fingerprint density at radius 1 is 1.45 bits per heavy atom. The summed E-state index contributed by atoms with van der Waals surface area (Å²) in [6.45, 7) is 5.54. The average molecular weight is 282 g/mol. The number of nitrogens with zero attached hydrogens (tertiary/aromatic N) is 1. The van der Waals surface area contributed by atoms with Crippen molar-refractivity contribution in [3.8, 4) is 6.07 Å². The van der Waals surface area contributed by atoms with E-state index in [0.29, 0.717) is 32.6 Å². The third-order valence-electron chi connectivity index (χ3n) is 4.07. The lowest BCUT2D eigenvalue weighted by molar-refractivity contribution is -0.130. The highest BCUT2D eigenvalue weighted by Crippen LogP contribution is 2.30. The fourth-order valence-corrected chi connectivity index (χ4v) is 2.74. The zero-order valence-electron chi connectivity index (χ0n) is 12.8. The molecule has 1 aliphatic heterocycles. The summed E-state index contributed by atoms with van der Waals surface area (Å²) in [6.07, 6.45) is 3.60. The summed E-state index contributed by atoms with van der Waals surface area (Å²) in [4.78, 5) is 12.5. The lowest BCUT2D eigenvalue weighted by Gasteiger charge is -2.29. The normalized spacial score (nSPS) is 22.5. The van der Waals surface area contributed by atoms with Crippen molar-refractivity contribution in [2.45, 2.75) is 51.6 Å². The van der Waals surface area contributed by atoms with E-state index in [1.165, 1.54) is 0 Å². The third-order valence-corrected chi connectivity index (χ3v) is 4.07. The van der Waals surface area contributed by atoms with Gasteiger partial charge in [-0.2, -0.15) is 5.26 Å². The van der Waals surface area contributed by atoms with Gasteiger partial charge in [0.1, 0.15) is 11.0 Å². The molecule has 0 saturated carbocycles. The number of rotatable bonds is 8. The predicted molar refractivity (Wildman–Crippen MR) is 76.0 cm³/mol. The van der Waals surface area contributed by atoms with Crippen LogP contribution in [0, 0.1) is 16.7 Å². The van der Waals surface area contributed by atoms with Crippen LogP contribution >= 0.6 is 0 Å². The van der Waals surface area contributed by atoms with Crippen LogP contribution in [-0.4, -0.2) is 38.4 Å². The van der Waals surface area contributed by atoms with Gasteiger partial charge in [0.25, 0.3) is 0 Å². The lowest BCUT2D eigenvalue weighted by atomic mass is 9.79. The Bertz CT molecular complexity index is 351. The predicted octanol–water partition coefficient (Wildman–Crippen LogP) is 2.02. The molecule has 5 heteroatoms. The van der Waals surface area contributed by atoms with Crippen LogP contribution in [-0.2, 0) is 14.3 Å². The standard InChI is InChI=1S/C15H26N2O3/c1-4-6-14(10-16,7-5-2)13(18)17-11-15(19-3)8-9-20-12-15/h4-9,11-12H2,1-3H3,(H,17,18). The van der Waals surface area contributed by atoms with Gasteiger partial charge in [-0.3, -0.25) is 4.79 Å². The fourth-order valence-electron chi connectivity index (χ4n) is 2.74. The van der Waals surface area contributed by atoms with Crippen LogP contribution in [0.25, 0.3) is 0 Å². The van der Waals surface area contributed by atoms with Crippen LogP contribution < -0.4 is 5.32 Å². The first-order valence-corrected chi connectivity index (χ1v) is 7.40. The van der Waals surface area contributed by atoms with Crippen LogP contribution in [0.15, 0.2) is 0 Å². The number of nitrogens with one attached hydrogen (secondary N) is 1. The molecule has 1 aliphatic rings. The van der Waals surface area contributed by atoms with Gasteiger partial charge in [-0.1, -0.05) is 26.7 Å². The smallest absolute Gasteiger partial charge is 0.240 e. The number of carbonyl (C=O) groups excluding carboxylic acids is 1. The number of amides is 1. The van der Waals surface area contributed by atoms with E-state index >= 15 is 0 Å². The first-order valence-electron chi connectivity index (χ1n) is 7.40. The minimum absolute atomic E-state index is 0.174. The van der Waals surface area contributed by atoms with Gasteiger partial charge in [0, 0.05) is 26.7 Å². The molecule has 1 fully saturated rings. The van der Waals surface area contributed by atoms with E-state index in [-0.39, 0.29) is 5.91 Å². The highest BCUT2D eigenvalue weighted by atomic mass is 16.5. The largest absolute Gasteiger partial charge is 0.378 e. The molecule has 1 rings (SSSR count). The Morgan fingerprint density at radius 3 is 2.50 bits per heavy atom. The molecule has 1 saturated heterocycles. The molecule has 0 radical (unpaired) electrons. The Balaban J connectivity index is 2.69. The van der Waals surface area contributed by atoms with Gasteiger partial charge in [0.05, 0.1) is 12.7 Å². The third kappa shape index (κ3) is 3.71. The summed E-state index contributed by atoms with van der Waals surface area (Å²) in [5, 5.41) is 12.4. The maximum Gasteiger partial charge on any atom is 0.240 e. The first kappa shape index (κ1) is 16.9. The monoisotopic (exact) mass is 282 g/mol. The van der Waals surface area contributed by atoms with Crippen molar-refractivity contribution < 1.29 is 14.3 Å². The molecule has 1 amide bonds. The molecule has 1 heterocycles. The summed E-state index contributed by atoms with van der Waals surface area (Å²) < 4.78 is 10.8. The molecule has 5 nitrogen and oxygen atoms in total. The van der Waals surface area contributed by atoms with Crippen LogP contribution in [0.3, 0.4) is 0 Å². The highest BCUT2D eigenvalue weighted by Gasteiger charge is 2.40. The van der Waals surface area contributed by atoms with Gasteiger partial charge >= 0.3 is 0 Å². The van der Waals surface area contributed by atoms with Gasteiger partial charge in [-0.15, -0.1) is 0 Å². The molecule has 1 unspecified atom stereocenters. The number of hydrogen-bond donors (Lipinski definition) is 1. The second-order valence-corrected chi connectivity index (χ2v) is 5.57. The van der Waals surface area contributed by atoms with E-state index in [1.807, 2.05) is 13.8 Å². The maximum absolute atomic E-state index is 12.5. The molecule has 1 N–H and O–H groups in total. The van der Waals surface area contributed by atoms with Crippen molar-refractivity contribution in [2.24, 2.45) is 5.41 Å². The fraction of sp³-hybridized carbons (Fsp3) is 0.867. The Hall–Kier alpha value is -1.12. The van der Waals surface area contributed by atoms with Gasteiger partial charge in [0.2, 0.25) is 5.91 Å². The molecule has 20 heavy (non-hydrogen) atoms. The van der Waals surface area contributed by atoms with Crippen LogP contribution in [0.2, 0.25) is 0 Å². The second kappa shape index (κ2) is 7.61. The van der Waals surface area contributed by atoms with Crippen molar-refractivity contribution in [1.82, 2.24) is 5.32 Å². The van der Waals surface area contributed by atoms with Gasteiger partial charge in [-0.05, 0) is 12.8 Å². The Kier molecular flexibility index (Phi) is 6.44. The van der Waals surface area contributed by atoms with E-state index in [0.717, 1.165) is 19.3 Å². The second-order valence-electron chi connectivity index (χ2n) is 5.57. The number of nitriles is 1. The van der Waals surface area contributed by atoms with Crippen LogP contribution in [0.4, 0.5) is 0 Å². The molecule has 114 valence electrons. The molecule has 0 aromatic heterocycles. The minimum Gasteiger partial charge on any atom is -0.378 e. The molecule has 0 aromatic rings. The summed E-state index contributed by atoms with van der Waals surface area (Å²) in [5.74, 6) is -0.174. The van der Waals surface area contributed by atoms with Crippen LogP contribution in [0.5, 0.6) is 0 Å². The quantitative estimate of drug-likeness (QED) is 0.739. The lowest BCUT2D eigenvalue weighted by Crippen LogP contribution is -2.49. The summed E-state index contributed by atoms with van der Waals surface area (Å²) in [7, 11) is 1.64. The summed E-state index contributed by atoms with van der Waals surface area (Å²) in [6, 6.07) is 2.24. The molecule has 1 atom stereocenters. The highest BCUT2D eigenvalue weighted by molar-refractivity contribution is 5.85. The van der Waals surface area contributed by atoms with Crippen molar-refractivity contribution >= 4 is 5.91 Å². The zero-order valence-corrected chi connectivity index (χ0v) is 12.8. The minimum atomic E-state index is -0.905. The SMILES string of the molecule is CCCC(C#N)(CCC)C(=O)NCC1(OC)CCOC1. The van der Waals surface area contributed by atoms with Crippen molar-refractivity contribution in [3.05, 3.63) is 0 Å². The number of hydrogen-bond acceptors (Lipinski definition) is 4. The molecular formula is C15H26N2O3. The van der Waals surface area contributed by atoms with E-state index in [2.05, 4.69) is 11.4 Å². The Labute approximate surface area is 121 Å². The summed E-state index contributed by atoms with van der Waals surface area (Å²) in [5.41, 5.74) is -1.34. The van der Waals surface area contributed by atoms with Crippen LogP contribution in [0.1, 0.15) is 46.0 Å². The number of ether oxygens (including phenoxy) is 2. The number of carbonyl (C=O) groups is 1. The first-order chi connectivity index (χ1) is 9.58. The molecule has 0 aromatic carbocycles. The number of methoxy groups -OCH3 is 1. The van der Waals surface area contributed by atoms with Gasteiger partial charge in [-0.25, -0.2) is 0 Å². The maximum atomic E-state index is 12.5. The van der Waals surface area contributed by atoms with E-state index in [1.54, 1.807) is 7.11 Å². The van der Waals surface area contributed by atoms with E-state index in [9.17, 15) is 10.1 Å².